The number of pyridine rings is 1. The molecule has 4 nitrogen and oxygen atoms in total. The number of rotatable bonds is 1. The van der Waals surface area contributed by atoms with Crippen molar-refractivity contribution in [3.05, 3.63) is 30.1 Å². The summed E-state index contributed by atoms with van der Waals surface area (Å²) >= 11 is 0. The molecule has 1 aromatic rings. The van der Waals surface area contributed by atoms with Gasteiger partial charge in [0.25, 0.3) is 5.12 Å². The van der Waals surface area contributed by atoms with Gasteiger partial charge in [-0.3, -0.25) is 9.78 Å². The van der Waals surface area contributed by atoms with Gasteiger partial charge < -0.3 is 0 Å². The van der Waals surface area contributed by atoms with Crippen LogP contribution in [0.4, 0.5) is 0 Å². The number of sulfone groups is 1. The average molecular weight is 185 g/mol. The molecule has 0 spiro atoms. The Hall–Kier alpha value is -1.23. The lowest BCUT2D eigenvalue weighted by Gasteiger charge is -1.94. The Bertz CT molecular complexity index is 382. The van der Waals surface area contributed by atoms with Crippen LogP contribution < -0.4 is 0 Å². The van der Waals surface area contributed by atoms with E-state index in [2.05, 4.69) is 4.98 Å². The second kappa shape index (κ2) is 3.02. The van der Waals surface area contributed by atoms with Crippen LogP contribution in [0.15, 0.2) is 24.4 Å². The number of hydrogen-bond donors (Lipinski definition) is 0. The average Bonchev–Trinajstić information content (AvgIpc) is 2.03. The van der Waals surface area contributed by atoms with Gasteiger partial charge in [0.1, 0.15) is 5.69 Å². The lowest BCUT2D eigenvalue weighted by Crippen LogP contribution is -2.13. The molecular formula is C7H7NO3S. The second-order valence-corrected chi connectivity index (χ2v) is 4.19. The van der Waals surface area contributed by atoms with Crippen LogP contribution in [0.2, 0.25) is 0 Å². The van der Waals surface area contributed by atoms with Crippen molar-refractivity contribution in [2.24, 2.45) is 0 Å². The summed E-state index contributed by atoms with van der Waals surface area (Å²) in [6.07, 6.45) is 2.24. The third-order valence-electron chi connectivity index (χ3n) is 1.21. The monoisotopic (exact) mass is 185 g/mol. The van der Waals surface area contributed by atoms with Crippen molar-refractivity contribution >= 4 is 15.0 Å². The second-order valence-electron chi connectivity index (χ2n) is 2.27. The Kier molecular flexibility index (Phi) is 2.23. The first kappa shape index (κ1) is 8.86. The number of nitrogens with zero attached hydrogens (tertiary/aromatic N) is 1. The van der Waals surface area contributed by atoms with E-state index in [1.165, 1.54) is 12.3 Å². The van der Waals surface area contributed by atoms with E-state index in [0.717, 1.165) is 6.26 Å². The quantitative estimate of drug-likeness (QED) is 0.629. The van der Waals surface area contributed by atoms with Gasteiger partial charge in [-0.15, -0.1) is 0 Å². The van der Waals surface area contributed by atoms with Crippen molar-refractivity contribution in [3.63, 3.8) is 0 Å². The normalized spacial score (nSPS) is 11.1. The molecule has 0 N–H and O–H groups in total. The summed E-state index contributed by atoms with van der Waals surface area (Å²) < 4.78 is 21.5. The minimum Gasteiger partial charge on any atom is -0.274 e. The Labute approximate surface area is 70.2 Å². The summed E-state index contributed by atoms with van der Waals surface area (Å²) in [5.41, 5.74) is -0.0417. The summed E-state index contributed by atoms with van der Waals surface area (Å²) in [5.74, 6) is 0. The minimum atomic E-state index is -3.66. The molecule has 0 aliphatic heterocycles. The molecule has 1 aromatic heterocycles. The summed E-state index contributed by atoms with van der Waals surface area (Å²) in [6.45, 7) is 0. The van der Waals surface area contributed by atoms with Crippen molar-refractivity contribution in [2.45, 2.75) is 0 Å². The van der Waals surface area contributed by atoms with Crippen LogP contribution in [0.25, 0.3) is 0 Å². The molecule has 0 atom stereocenters. The molecule has 0 saturated heterocycles. The third-order valence-corrected chi connectivity index (χ3v) is 2.09. The van der Waals surface area contributed by atoms with Crippen molar-refractivity contribution in [1.82, 2.24) is 4.98 Å². The zero-order chi connectivity index (χ0) is 9.19. The minimum absolute atomic E-state index is 0.0417. The first-order chi connectivity index (χ1) is 5.52. The first-order valence-corrected chi connectivity index (χ1v) is 5.06. The van der Waals surface area contributed by atoms with Gasteiger partial charge in [0.05, 0.1) is 0 Å². The fourth-order valence-electron chi connectivity index (χ4n) is 0.673. The number of aromatic nitrogens is 1. The topological polar surface area (TPSA) is 64.1 Å². The highest BCUT2D eigenvalue weighted by atomic mass is 32.2. The van der Waals surface area contributed by atoms with Gasteiger partial charge in [0, 0.05) is 12.5 Å². The van der Waals surface area contributed by atoms with Gasteiger partial charge in [-0.1, -0.05) is 6.07 Å². The van der Waals surface area contributed by atoms with Crippen LogP contribution in [0.1, 0.15) is 10.5 Å². The van der Waals surface area contributed by atoms with E-state index in [0.29, 0.717) is 0 Å². The molecule has 12 heavy (non-hydrogen) atoms. The largest absolute Gasteiger partial charge is 0.294 e. The first-order valence-electron chi connectivity index (χ1n) is 3.17. The fraction of sp³-hybridized carbons (Fsp3) is 0.143. The van der Waals surface area contributed by atoms with E-state index in [4.69, 9.17) is 0 Å². The highest BCUT2D eigenvalue weighted by Crippen LogP contribution is 1.99. The number of carbonyl (C=O) groups excluding carboxylic acids is 1. The van der Waals surface area contributed by atoms with E-state index in [1.807, 2.05) is 0 Å². The lowest BCUT2D eigenvalue weighted by molar-refractivity contribution is 0.107. The van der Waals surface area contributed by atoms with Crippen LogP contribution in [0, 0.1) is 0 Å². The highest BCUT2D eigenvalue weighted by molar-refractivity contribution is 8.06. The van der Waals surface area contributed by atoms with Crippen LogP contribution in [0.3, 0.4) is 0 Å². The van der Waals surface area contributed by atoms with E-state index in [1.54, 1.807) is 12.1 Å². The van der Waals surface area contributed by atoms with E-state index >= 15 is 0 Å². The molecule has 5 heteroatoms. The molecule has 0 radical (unpaired) electrons. The summed E-state index contributed by atoms with van der Waals surface area (Å²) in [7, 11) is -3.66. The predicted octanol–water partition coefficient (Wildman–Crippen LogP) is 0.266. The van der Waals surface area contributed by atoms with Gasteiger partial charge in [-0.2, -0.15) is 0 Å². The van der Waals surface area contributed by atoms with Crippen LogP contribution >= 0.6 is 0 Å². The van der Waals surface area contributed by atoms with Crippen LogP contribution in [-0.4, -0.2) is 24.8 Å². The van der Waals surface area contributed by atoms with Crippen molar-refractivity contribution in [1.29, 1.82) is 0 Å². The predicted molar refractivity (Wildman–Crippen MR) is 43.4 cm³/mol. The molecule has 0 aromatic carbocycles. The van der Waals surface area contributed by atoms with Crippen LogP contribution in [-0.2, 0) is 9.84 Å². The zero-order valence-electron chi connectivity index (χ0n) is 6.39. The maximum absolute atomic E-state index is 11.0. The lowest BCUT2D eigenvalue weighted by atomic mass is 10.4. The summed E-state index contributed by atoms with van der Waals surface area (Å²) in [5, 5.41) is -0.942. The molecular weight excluding hydrogens is 178 g/mol. The van der Waals surface area contributed by atoms with Crippen molar-refractivity contribution < 1.29 is 13.2 Å². The molecule has 0 bridgehead atoms. The fourth-order valence-corrected chi connectivity index (χ4v) is 1.17. The molecule has 1 rings (SSSR count). The van der Waals surface area contributed by atoms with Gasteiger partial charge in [0.15, 0.2) is 0 Å². The van der Waals surface area contributed by atoms with E-state index in [-0.39, 0.29) is 5.69 Å². The molecule has 0 fully saturated rings. The highest BCUT2D eigenvalue weighted by Gasteiger charge is 2.18. The van der Waals surface area contributed by atoms with Gasteiger partial charge in [0.2, 0.25) is 9.84 Å². The summed E-state index contributed by atoms with van der Waals surface area (Å²) in [6, 6.07) is 4.54. The molecule has 0 unspecified atom stereocenters. The molecule has 0 saturated carbocycles. The smallest absolute Gasteiger partial charge is 0.274 e. The number of carbonyl (C=O) groups is 1. The molecule has 0 aliphatic rings. The number of hydrogen-bond acceptors (Lipinski definition) is 4. The van der Waals surface area contributed by atoms with E-state index in [9.17, 15) is 13.2 Å². The Morgan fingerprint density at radius 1 is 1.42 bits per heavy atom. The van der Waals surface area contributed by atoms with Gasteiger partial charge in [-0.25, -0.2) is 8.42 Å². The van der Waals surface area contributed by atoms with Crippen molar-refractivity contribution in [3.8, 4) is 0 Å². The van der Waals surface area contributed by atoms with Gasteiger partial charge >= 0.3 is 0 Å². The zero-order valence-corrected chi connectivity index (χ0v) is 7.21. The Balaban J connectivity index is 3.11. The Morgan fingerprint density at radius 2 is 2.08 bits per heavy atom. The molecule has 1 heterocycles. The Morgan fingerprint density at radius 3 is 2.50 bits per heavy atom. The molecule has 0 amide bonds. The molecule has 0 aliphatic carbocycles. The SMILES string of the molecule is CS(=O)(=O)C(=O)c1ccccn1. The molecule has 64 valence electrons. The van der Waals surface area contributed by atoms with Gasteiger partial charge in [-0.05, 0) is 12.1 Å². The van der Waals surface area contributed by atoms with Crippen molar-refractivity contribution in [2.75, 3.05) is 6.26 Å². The maximum Gasteiger partial charge on any atom is 0.294 e. The van der Waals surface area contributed by atoms with E-state index < -0.39 is 15.0 Å². The van der Waals surface area contributed by atoms with Crippen LogP contribution in [0.5, 0.6) is 0 Å². The standard InChI is InChI=1S/C7H7NO3S/c1-12(10,11)7(9)6-4-2-3-5-8-6/h2-5H,1H3. The maximum atomic E-state index is 11.0. The summed E-state index contributed by atoms with van der Waals surface area (Å²) in [4.78, 5) is 14.6. The third kappa shape index (κ3) is 1.88.